The number of hydrogen-bond acceptors (Lipinski definition) is 6. The van der Waals surface area contributed by atoms with Gasteiger partial charge >= 0.3 is 6.16 Å². The molecule has 0 saturated carbocycles. The highest BCUT2D eigenvalue weighted by molar-refractivity contribution is 6.74. The number of nitrogens with two attached hydrogens (primary N) is 1. The number of carbonyl (C=O) groups is 1. The predicted molar refractivity (Wildman–Crippen MR) is 86.0 cm³/mol. The van der Waals surface area contributed by atoms with Gasteiger partial charge in [0, 0.05) is 6.61 Å². The Balaban J connectivity index is 3.96. The third-order valence-electron chi connectivity index (χ3n) is 3.37. The molecule has 0 heterocycles. The predicted octanol–water partition coefficient (Wildman–Crippen LogP) is 3.44. The molecule has 0 aliphatic heterocycles. The van der Waals surface area contributed by atoms with Gasteiger partial charge in [-0.05, 0) is 45.3 Å². The Hall–Kier alpha value is -0.633. The van der Waals surface area contributed by atoms with Crippen LogP contribution in [0.2, 0.25) is 18.1 Å². The van der Waals surface area contributed by atoms with Crippen LogP contribution in [-0.2, 0) is 14.0 Å². The summed E-state index contributed by atoms with van der Waals surface area (Å²) in [7, 11) is -1.73. The summed E-state index contributed by atoms with van der Waals surface area (Å²) in [5.41, 5.74) is -0.594. The Morgan fingerprint density at radius 3 is 2.10 bits per heavy atom. The maximum absolute atomic E-state index is 11.4. The number of hydrogen-bond donors (Lipinski definition) is 1. The molecule has 21 heavy (non-hydrogen) atoms. The van der Waals surface area contributed by atoms with Gasteiger partial charge < -0.3 is 14.0 Å². The summed E-state index contributed by atoms with van der Waals surface area (Å²) in [6.07, 6.45) is -0.110. The zero-order valence-electron chi connectivity index (χ0n) is 14.8. The molecule has 0 spiro atoms. The summed E-state index contributed by atoms with van der Waals surface area (Å²) in [5.74, 6) is 5.60. The number of hydroxylamine groups is 1. The third-order valence-corrected chi connectivity index (χ3v) is 7.91. The van der Waals surface area contributed by atoms with Gasteiger partial charge in [-0.1, -0.05) is 25.9 Å². The van der Waals surface area contributed by atoms with E-state index in [1.807, 2.05) is 0 Å². The molecule has 6 nitrogen and oxygen atoms in total. The third kappa shape index (κ3) is 9.08. The minimum Gasteiger partial charge on any atom is -0.427 e. The number of rotatable bonds is 6. The van der Waals surface area contributed by atoms with Crippen LogP contribution in [0.25, 0.3) is 0 Å². The molecule has 0 aliphatic carbocycles. The Labute approximate surface area is 130 Å². The van der Waals surface area contributed by atoms with Crippen molar-refractivity contribution < 1.29 is 18.8 Å². The van der Waals surface area contributed by atoms with Crippen LogP contribution in [0.5, 0.6) is 0 Å². The van der Waals surface area contributed by atoms with Gasteiger partial charge in [-0.3, -0.25) is 0 Å². The Kier molecular flexibility index (Phi) is 7.35. The quantitative estimate of drug-likeness (QED) is 0.266. The SMILES string of the molecule is CC(C)(C)OC(=O)ON(N)CCCO[Si](C)(C)C(C)(C)C. The van der Waals surface area contributed by atoms with Gasteiger partial charge in [-0.25, -0.2) is 10.6 Å². The minimum atomic E-state index is -1.73. The molecular weight excluding hydrogens is 288 g/mol. The van der Waals surface area contributed by atoms with Crippen molar-refractivity contribution >= 4 is 14.5 Å². The smallest absolute Gasteiger partial charge is 0.427 e. The number of nitrogens with zero attached hydrogens (tertiary/aromatic N) is 1. The first-order valence-electron chi connectivity index (χ1n) is 7.32. The summed E-state index contributed by atoms with van der Waals surface area (Å²) in [4.78, 5) is 16.2. The summed E-state index contributed by atoms with van der Waals surface area (Å²) in [6, 6.07) is 0. The average molecular weight is 321 g/mol. The minimum absolute atomic E-state index is 0.183. The van der Waals surface area contributed by atoms with E-state index in [9.17, 15) is 4.79 Å². The number of carbonyl (C=O) groups excluding carboxylic acids is 1. The molecule has 0 fully saturated rings. The standard InChI is InChI=1S/C14H32N2O4Si/c1-13(2,3)19-12(17)20-16(15)10-9-11-18-21(7,8)14(4,5)6/h9-11,15H2,1-8H3. The van der Waals surface area contributed by atoms with Crippen LogP contribution < -0.4 is 5.84 Å². The van der Waals surface area contributed by atoms with Crippen LogP contribution in [0, 0.1) is 0 Å². The lowest BCUT2D eigenvalue weighted by atomic mass is 10.2. The topological polar surface area (TPSA) is 74.0 Å². The van der Waals surface area contributed by atoms with E-state index in [0.717, 1.165) is 5.17 Å². The Morgan fingerprint density at radius 2 is 1.67 bits per heavy atom. The largest absolute Gasteiger partial charge is 0.529 e. The summed E-state index contributed by atoms with van der Waals surface area (Å²) >= 11 is 0. The highest BCUT2D eigenvalue weighted by Gasteiger charge is 2.36. The molecule has 0 rings (SSSR count). The van der Waals surface area contributed by atoms with E-state index in [4.69, 9.17) is 19.8 Å². The highest BCUT2D eigenvalue weighted by Crippen LogP contribution is 2.36. The maximum Gasteiger partial charge on any atom is 0.529 e. The molecule has 0 aromatic rings. The molecule has 0 unspecified atom stereocenters. The first kappa shape index (κ1) is 20.4. The lowest BCUT2D eigenvalue weighted by molar-refractivity contribution is -0.146. The van der Waals surface area contributed by atoms with E-state index < -0.39 is 20.1 Å². The second-order valence-electron chi connectivity index (χ2n) is 7.66. The summed E-state index contributed by atoms with van der Waals surface area (Å²) < 4.78 is 11.0. The van der Waals surface area contributed by atoms with Crippen LogP contribution in [0.15, 0.2) is 0 Å². The lowest BCUT2D eigenvalue weighted by Crippen LogP contribution is -2.42. The van der Waals surface area contributed by atoms with Gasteiger partial charge in [-0.15, -0.1) is 0 Å². The molecule has 0 saturated heterocycles. The molecule has 0 bridgehead atoms. The molecule has 0 aromatic carbocycles. The second-order valence-corrected chi connectivity index (χ2v) is 12.5. The van der Waals surface area contributed by atoms with Crippen molar-refractivity contribution in [3.63, 3.8) is 0 Å². The molecule has 126 valence electrons. The second kappa shape index (κ2) is 7.58. The van der Waals surface area contributed by atoms with Crippen molar-refractivity contribution in [2.45, 2.75) is 71.7 Å². The van der Waals surface area contributed by atoms with Crippen molar-refractivity contribution in [1.82, 2.24) is 5.17 Å². The molecule has 7 heteroatoms. The molecule has 0 atom stereocenters. The molecule has 0 radical (unpaired) electrons. The fourth-order valence-electron chi connectivity index (χ4n) is 1.17. The van der Waals surface area contributed by atoms with Gasteiger partial charge in [-0.2, -0.15) is 0 Å². The molecular formula is C14H32N2O4Si. The van der Waals surface area contributed by atoms with E-state index in [0.29, 0.717) is 19.6 Å². The monoisotopic (exact) mass is 320 g/mol. The Bertz CT molecular complexity index is 335. The molecule has 2 N–H and O–H groups in total. The summed E-state index contributed by atoms with van der Waals surface area (Å²) in [5, 5.41) is 1.17. The fraction of sp³-hybridized carbons (Fsp3) is 0.929. The van der Waals surface area contributed by atoms with Crippen LogP contribution in [-0.4, -0.2) is 38.4 Å². The van der Waals surface area contributed by atoms with E-state index in [2.05, 4.69) is 33.9 Å². The maximum atomic E-state index is 11.4. The zero-order chi connectivity index (χ0) is 16.9. The van der Waals surface area contributed by atoms with E-state index in [1.165, 1.54) is 0 Å². The van der Waals surface area contributed by atoms with Crippen LogP contribution >= 0.6 is 0 Å². The number of ether oxygens (including phenoxy) is 1. The van der Waals surface area contributed by atoms with Crippen molar-refractivity contribution in [1.29, 1.82) is 0 Å². The highest BCUT2D eigenvalue weighted by atomic mass is 28.4. The average Bonchev–Trinajstić information content (AvgIpc) is 2.19. The van der Waals surface area contributed by atoms with Crippen molar-refractivity contribution in [3.05, 3.63) is 0 Å². The van der Waals surface area contributed by atoms with Gasteiger partial charge in [0.25, 0.3) is 0 Å². The van der Waals surface area contributed by atoms with Crippen LogP contribution in [0.4, 0.5) is 4.79 Å². The normalized spacial score (nSPS) is 13.4. The van der Waals surface area contributed by atoms with Crippen LogP contribution in [0.1, 0.15) is 48.0 Å². The van der Waals surface area contributed by atoms with Gasteiger partial charge in [0.05, 0.1) is 6.54 Å². The first-order valence-corrected chi connectivity index (χ1v) is 10.2. The van der Waals surface area contributed by atoms with Crippen molar-refractivity contribution in [2.75, 3.05) is 13.2 Å². The first-order chi connectivity index (χ1) is 9.24. The Morgan fingerprint density at radius 1 is 1.14 bits per heavy atom. The fourth-order valence-corrected chi connectivity index (χ4v) is 2.26. The van der Waals surface area contributed by atoms with E-state index in [1.54, 1.807) is 20.8 Å². The van der Waals surface area contributed by atoms with Gasteiger partial charge in [0.15, 0.2) is 8.32 Å². The molecule has 0 aliphatic rings. The molecule has 0 aromatic heterocycles. The molecule has 0 amide bonds. The van der Waals surface area contributed by atoms with Crippen molar-refractivity contribution in [2.24, 2.45) is 5.84 Å². The zero-order valence-corrected chi connectivity index (χ0v) is 15.8. The van der Waals surface area contributed by atoms with Gasteiger partial charge in [0.2, 0.25) is 0 Å². The lowest BCUT2D eigenvalue weighted by Gasteiger charge is -2.36. The van der Waals surface area contributed by atoms with Crippen LogP contribution in [0.3, 0.4) is 0 Å². The number of hydrazine groups is 1. The van der Waals surface area contributed by atoms with Gasteiger partial charge in [0.1, 0.15) is 5.60 Å². The summed E-state index contributed by atoms with van der Waals surface area (Å²) in [6.45, 7) is 17.3. The van der Waals surface area contributed by atoms with Crippen molar-refractivity contribution in [3.8, 4) is 0 Å². The van der Waals surface area contributed by atoms with E-state index in [-0.39, 0.29) is 5.04 Å². The van der Waals surface area contributed by atoms with E-state index >= 15 is 0 Å².